The fourth-order valence-electron chi connectivity index (χ4n) is 2.99. The summed E-state index contributed by atoms with van der Waals surface area (Å²) < 4.78 is 7.36. The lowest BCUT2D eigenvalue weighted by Gasteiger charge is -2.09. The fourth-order valence-corrected chi connectivity index (χ4v) is 5.14. The van der Waals surface area contributed by atoms with Crippen molar-refractivity contribution in [2.45, 2.75) is 6.54 Å². The van der Waals surface area contributed by atoms with Gasteiger partial charge in [0.25, 0.3) is 0 Å². The Hall–Kier alpha value is -2.36. The zero-order valence-corrected chi connectivity index (χ0v) is 20.4. The number of hydrogen-bond donors (Lipinski definition) is 2. The molecule has 164 valence electrons. The van der Waals surface area contributed by atoms with E-state index in [1.807, 2.05) is 36.5 Å². The number of rotatable bonds is 5. The van der Waals surface area contributed by atoms with Crippen molar-refractivity contribution in [1.82, 2.24) is 9.78 Å². The third-order valence-corrected chi connectivity index (χ3v) is 6.92. The number of hydrogen-bond acceptors (Lipinski definition) is 5. The smallest absolute Gasteiger partial charge is 0.349 e. The molecule has 0 spiro atoms. The van der Waals surface area contributed by atoms with Gasteiger partial charge in [-0.1, -0.05) is 40.9 Å². The number of carbonyl (C=O) groups excluding carboxylic acids is 1. The Morgan fingerprint density at radius 2 is 1.97 bits per heavy atom. The molecular formula is C21H15Cl3N4O2S2. The van der Waals surface area contributed by atoms with Crippen molar-refractivity contribution < 1.29 is 9.53 Å². The molecule has 0 aliphatic rings. The van der Waals surface area contributed by atoms with Crippen LogP contribution in [0.25, 0.3) is 10.1 Å². The maximum Gasteiger partial charge on any atom is 0.349 e. The first-order chi connectivity index (χ1) is 15.3. The summed E-state index contributed by atoms with van der Waals surface area (Å²) in [5, 5.41) is 13.3. The van der Waals surface area contributed by atoms with Crippen molar-refractivity contribution in [3.05, 3.63) is 74.2 Å². The van der Waals surface area contributed by atoms with Gasteiger partial charge >= 0.3 is 5.97 Å². The molecule has 0 bridgehead atoms. The Kier molecular flexibility index (Phi) is 6.88. The summed E-state index contributed by atoms with van der Waals surface area (Å²) in [6, 6.07) is 12.7. The normalized spacial score (nSPS) is 10.9. The van der Waals surface area contributed by atoms with Gasteiger partial charge in [-0.25, -0.2) is 4.79 Å². The number of ether oxygens (including phenoxy) is 1. The molecule has 0 fully saturated rings. The summed E-state index contributed by atoms with van der Waals surface area (Å²) in [6.45, 7) is 0.496. The Morgan fingerprint density at radius 3 is 2.72 bits per heavy atom. The van der Waals surface area contributed by atoms with Gasteiger partial charge in [0.1, 0.15) is 4.88 Å². The number of nitrogens with zero attached hydrogens (tertiary/aromatic N) is 2. The minimum atomic E-state index is -0.460. The van der Waals surface area contributed by atoms with Gasteiger partial charge in [0.2, 0.25) is 0 Å². The highest BCUT2D eigenvalue weighted by molar-refractivity contribution is 7.80. The largest absolute Gasteiger partial charge is 0.465 e. The summed E-state index contributed by atoms with van der Waals surface area (Å²) in [5.74, 6) is 0.124. The number of benzene rings is 2. The summed E-state index contributed by atoms with van der Waals surface area (Å²) in [4.78, 5) is 12.2. The van der Waals surface area contributed by atoms with Crippen LogP contribution in [0.2, 0.25) is 15.1 Å². The maximum absolute atomic E-state index is 11.9. The maximum atomic E-state index is 11.9. The molecule has 4 rings (SSSR count). The van der Waals surface area contributed by atoms with Crippen molar-refractivity contribution in [3.8, 4) is 0 Å². The molecule has 0 saturated carbocycles. The highest BCUT2D eigenvalue weighted by Gasteiger charge is 2.18. The fraction of sp³-hybridized carbons (Fsp3) is 0.0952. The molecule has 0 amide bonds. The second kappa shape index (κ2) is 9.64. The molecular weight excluding hydrogens is 511 g/mol. The summed E-state index contributed by atoms with van der Waals surface area (Å²) in [5.41, 5.74) is 1.65. The standard InChI is InChI=1S/C21H15Cl3N4O2S2/c1-30-20(29)19-18(24)14-5-4-13(9-16(14)32-19)25-21(31)26-17-6-7-28(27-17)10-11-2-3-12(22)8-15(11)23/h2-9H,10H2,1H3,(H2,25,26,27,31). The van der Waals surface area contributed by atoms with Gasteiger partial charge in [-0.3, -0.25) is 4.68 Å². The molecule has 0 radical (unpaired) electrons. The highest BCUT2D eigenvalue weighted by atomic mass is 35.5. The van der Waals surface area contributed by atoms with Crippen molar-refractivity contribution in [3.63, 3.8) is 0 Å². The van der Waals surface area contributed by atoms with Crippen molar-refractivity contribution in [1.29, 1.82) is 0 Å². The van der Waals surface area contributed by atoms with Gasteiger partial charge in [-0.05, 0) is 48.1 Å². The quantitative estimate of drug-likeness (QED) is 0.223. The molecule has 11 heteroatoms. The second-order valence-electron chi connectivity index (χ2n) is 6.66. The van der Waals surface area contributed by atoms with Crippen LogP contribution >= 0.6 is 58.4 Å². The number of nitrogens with one attached hydrogen (secondary N) is 2. The minimum absolute atomic E-state index is 0.369. The molecule has 2 heterocycles. The number of fused-ring (bicyclic) bond motifs is 1. The number of methoxy groups -OCH3 is 1. The molecule has 0 unspecified atom stereocenters. The molecule has 0 aliphatic carbocycles. The number of esters is 1. The number of anilines is 2. The SMILES string of the molecule is COC(=O)c1sc2cc(NC(=S)Nc3ccn(Cc4ccc(Cl)cc4Cl)n3)ccc2c1Cl. The van der Waals surface area contributed by atoms with E-state index in [0.29, 0.717) is 37.4 Å². The van der Waals surface area contributed by atoms with Crippen LogP contribution in [0.5, 0.6) is 0 Å². The molecule has 6 nitrogen and oxygen atoms in total. The Bertz CT molecular complexity index is 1340. The van der Waals surface area contributed by atoms with E-state index in [1.165, 1.54) is 18.4 Å². The van der Waals surface area contributed by atoms with E-state index in [9.17, 15) is 4.79 Å². The van der Waals surface area contributed by atoms with Gasteiger partial charge in [-0.15, -0.1) is 11.3 Å². The number of carbonyl (C=O) groups is 1. The van der Waals surface area contributed by atoms with Gasteiger partial charge in [0.15, 0.2) is 10.9 Å². The van der Waals surface area contributed by atoms with Crippen LogP contribution in [0.3, 0.4) is 0 Å². The molecule has 4 aromatic rings. The first-order valence-electron chi connectivity index (χ1n) is 9.20. The van der Waals surface area contributed by atoms with Crippen molar-refractivity contribution in [2.24, 2.45) is 0 Å². The van der Waals surface area contributed by atoms with Gasteiger partial charge in [0, 0.05) is 38.1 Å². The van der Waals surface area contributed by atoms with Crippen molar-refractivity contribution in [2.75, 3.05) is 17.7 Å². The monoisotopic (exact) mass is 524 g/mol. The highest BCUT2D eigenvalue weighted by Crippen LogP contribution is 2.37. The third kappa shape index (κ3) is 5.00. The van der Waals surface area contributed by atoms with E-state index in [1.54, 1.807) is 16.8 Å². The minimum Gasteiger partial charge on any atom is -0.465 e. The number of halogens is 3. The summed E-state index contributed by atoms with van der Waals surface area (Å²) in [7, 11) is 1.32. The van der Waals surface area contributed by atoms with E-state index in [2.05, 4.69) is 15.7 Å². The molecule has 2 aromatic heterocycles. The Balaban J connectivity index is 1.42. The van der Waals surface area contributed by atoms with Gasteiger partial charge < -0.3 is 15.4 Å². The number of thiocarbonyl (C=S) groups is 1. The Morgan fingerprint density at radius 1 is 1.16 bits per heavy atom. The predicted octanol–water partition coefficient (Wildman–Crippen LogP) is 6.70. The molecule has 0 saturated heterocycles. The van der Waals surface area contributed by atoms with E-state index < -0.39 is 5.97 Å². The summed E-state index contributed by atoms with van der Waals surface area (Å²) >= 11 is 25.1. The first-order valence-corrected chi connectivity index (χ1v) is 11.6. The van der Waals surface area contributed by atoms with Gasteiger partial charge in [-0.2, -0.15) is 5.10 Å². The molecule has 0 atom stereocenters. The van der Waals surface area contributed by atoms with E-state index in [-0.39, 0.29) is 0 Å². The van der Waals surface area contributed by atoms with E-state index >= 15 is 0 Å². The van der Waals surface area contributed by atoms with E-state index in [0.717, 1.165) is 21.3 Å². The summed E-state index contributed by atoms with van der Waals surface area (Å²) in [6.07, 6.45) is 1.82. The molecule has 2 aromatic carbocycles. The molecule has 2 N–H and O–H groups in total. The van der Waals surface area contributed by atoms with Crippen LogP contribution in [0, 0.1) is 0 Å². The topological polar surface area (TPSA) is 68.2 Å². The predicted molar refractivity (Wildman–Crippen MR) is 136 cm³/mol. The third-order valence-electron chi connectivity index (χ3n) is 4.49. The Labute approximate surface area is 208 Å². The van der Waals surface area contributed by atoms with Crippen LogP contribution in [-0.2, 0) is 11.3 Å². The molecule has 0 aliphatic heterocycles. The van der Waals surface area contributed by atoms with Crippen LogP contribution in [0.4, 0.5) is 11.5 Å². The number of thiophene rings is 1. The molecule has 32 heavy (non-hydrogen) atoms. The van der Waals surface area contributed by atoms with Gasteiger partial charge in [0.05, 0.1) is 18.7 Å². The second-order valence-corrected chi connectivity index (χ2v) is 9.34. The zero-order valence-electron chi connectivity index (χ0n) is 16.5. The lowest BCUT2D eigenvalue weighted by atomic mass is 10.2. The lowest BCUT2D eigenvalue weighted by molar-refractivity contribution is 0.0606. The number of aromatic nitrogens is 2. The van der Waals surface area contributed by atoms with Crippen LogP contribution in [-0.4, -0.2) is 28.0 Å². The van der Waals surface area contributed by atoms with Crippen LogP contribution in [0.15, 0.2) is 48.7 Å². The zero-order chi connectivity index (χ0) is 22.8. The van der Waals surface area contributed by atoms with E-state index in [4.69, 9.17) is 51.8 Å². The van der Waals surface area contributed by atoms with Crippen molar-refractivity contribution >= 4 is 91.0 Å². The van der Waals surface area contributed by atoms with Crippen LogP contribution in [0.1, 0.15) is 15.2 Å². The average Bonchev–Trinajstić information content (AvgIpc) is 3.33. The average molecular weight is 526 g/mol. The first kappa shape index (κ1) is 22.8. The lowest BCUT2D eigenvalue weighted by Crippen LogP contribution is -2.19. The van der Waals surface area contributed by atoms with Crippen LogP contribution < -0.4 is 10.6 Å².